The summed E-state index contributed by atoms with van der Waals surface area (Å²) in [4.78, 5) is 0. The lowest BCUT2D eigenvalue weighted by atomic mass is 10.2. The van der Waals surface area contributed by atoms with E-state index in [2.05, 4.69) is 0 Å². The van der Waals surface area contributed by atoms with Crippen molar-refractivity contribution < 1.29 is 9.13 Å². The zero-order valence-corrected chi connectivity index (χ0v) is 11.1. The number of hydrogen-bond acceptors (Lipinski definition) is 2. The molecule has 0 amide bonds. The molecule has 1 aromatic heterocycles. The van der Waals surface area contributed by atoms with E-state index >= 15 is 0 Å². The van der Waals surface area contributed by atoms with Crippen LogP contribution < -0.4 is 10.5 Å². The van der Waals surface area contributed by atoms with Crippen LogP contribution in [0.4, 0.5) is 10.1 Å². The molecule has 0 aliphatic rings. The molecular weight excluding hydrogens is 255 g/mol. The van der Waals surface area contributed by atoms with E-state index in [1.54, 1.807) is 12.1 Å². The Morgan fingerprint density at radius 1 is 1.15 bits per heavy atom. The lowest BCUT2D eigenvalue weighted by Crippen LogP contribution is -2.01. The van der Waals surface area contributed by atoms with Crippen molar-refractivity contribution in [1.29, 1.82) is 0 Å². The van der Waals surface area contributed by atoms with Gasteiger partial charge in [-0.2, -0.15) is 0 Å². The van der Waals surface area contributed by atoms with Crippen molar-refractivity contribution in [2.75, 3.05) is 12.8 Å². The van der Waals surface area contributed by atoms with Crippen LogP contribution in [0.3, 0.4) is 0 Å². The summed E-state index contributed by atoms with van der Waals surface area (Å²) in [7, 11) is 1.53. The molecule has 3 rings (SSSR count). The summed E-state index contributed by atoms with van der Waals surface area (Å²) in [5, 5.41) is 1.05. The Balaban J connectivity index is 1.97. The smallest absolute Gasteiger partial charge is 0.131 e. The Bertz CT molecular complexity index is 764. The van der Waals surface area contributed by atoms with Crippen LogP contribution in [0.1, 0.15) is 5.56 Å². The standard InChI is InChI=1S/C16H15FN2O/c1-20-14-4-2-12(15(17)9-14)10-19-7-6-11-8-13(18)3-5-16(11)19/h2-9H,10,18H2,1H3. The number of nitrogens with zero attached hydrogens (tertiary/aromatic N) is 1. The molecule has 0 saturated carbocycles. The first-order chi connectivity index (χ1) is 9.67. The first kappa shape index (κ1) is 12.5. The highest BCUT2D eigenvalue weighted by Gasteiger charge is 2.07. The number of nitrogens with two attached hydrogens (primary N) is 1. The number of hydrogen-bond donors (Lipinski definition) is 1. The van der Waals surface area contributed by atoms with Crippen LogP contribution in [0.5, 0.6) is 5.75 Å². The van der Waals surface area contributed by atoms with Crippen LogP contribution in [0.2, 0.25) is 0 Å². The predicted molar refractivity (Wildman–Crippen MR) is 78.4 cm³/mol. The fourth-order valence-corrected chi connectivity index (χ4v) is 2.32. The van der Waals surface area contributed by atoms with Crippen LogP contribution in [0, 0.1) is 5.82 Å². The molecule has 20 heavy (non-hydrogen) atoms. The van der Waals surface area contributed by atoms with Crippen molar-refractivity contribution >= 4 is 16.6 Å². The van der Waals surface area contributed by atoms with Gasteiger partial charge in [-0.05, 0) is 30.3 Å². The minimum Gasteiger partial charge on any atom is -0.497 e. The van der Waals surface area contributed by atoms with Crippen LogP contribution in [-0.4, -0.2) is 11.7 Å². The Morgan fingerprint density at radius 3 is 2.75 bits per heavy atom. The van der Waals surface area contributed by atoms with E-state index in [0.29, 0.717) is 17.9 Å². The molecule has 2 aromatic carbocycles. The first-order valence-corrected chi connectivity index (χ1v) is 6.34. The maximum atomic E-state index is 14.0. The van der Waals surface area contributed by atoms with E-state index < -0.39 is 0 Å². The lowest BCUT2D eigenvalue weighted by molar-refractivity contribution is 0.410. The number of halogens is 1. The molecule has 0 saturated heterocycles. The second kappa shape index (κ2) is 4.89. The number of anilines is 1. The van der Waals surface area contributed by atoms with E-state index in [-0.39, 0.29) is 5.82 Å². The summed E-state index contributed by atoms with van der Waals surface area (Å²) in [5.74, 6) is 0.262. The maximum absolute atomic E-state index is 14.0. The van der Waals surface area contributed by atoms with Crippen molar-refractivity contribution in [2.45, 2.75) is 6.54 Å². The molecule has 4 heteroatoms. The van der Waals surface area contributed by atoms with Gasteiger partial charge >= 0.3 is 0 Å². The SMILES string of the molecule is COc1ccc(Cn2ccc3cc(N)ccc32)c(F)c1. The molecule has 0 aliphatic carbocycles. The Morgan fingerprint density at radius 2 is 2.00 bits per heavy atom. The fraction of sp³-hybridized carbons (Fsp3) is 0.125. The molecule has 0 fully saturated rings. The average molecular weight is 270 g/mol. The van der Waals surface area contributed by atoms with Gasteiger partial charge in [-0.25, -0.2) is 4.39 Å². The lowest BCUT2D eigenvalue weighted by Gasteiger charge is -2.08. The van der Waals surface area contributed by atoms with Crippen molar-refractivity contribution in [3.63, 3.8) is 0 Å². The number of benzene rings is 2. The molecule has 3 nitrogen and oxygen atoms in total. The zero-order valence-electron chi connectivity index (χ0n) is 11.1. The van der Waals surface area contributed by atoms with Gasteiger partial charge in [0.25, 0.3) is 0 Å². The van der Waals surface area contributed by atoms with Crippen LogP contribution in [0.15, 0.2) is 48.7 Å². The Labute approximate surface area is 116 Å². The van der Waals surface area contributed by atoms with E-state index in [1.165, 1.54) is 13.2 Å². The van der Waals surface area contributed by atoms with E-state index in [9.17, 15) is 4.39 Å². The molecule has 0 bridgehead atoms. The zero-order chi connectivity index (χ0) is 14.1. The molecule has 3 aromatic rings. The largest absolute Gasteiger partial charge is 0.497 e. The molecule has 0 spiro atoms. The van der Waals surface area contributed by atoms with Crippen LogP contribution in [0.25, 0.3) is 10.9 Å². The Hall–Kier alpha value is -2.49. The topological polar surface area (TPSA) is 40.2 Å². The highest BCUT2D eigenvalue weighted by molar-refractivity contribution is 5.83. The minimum atomic E-state index is -0.262. The molecule has 0 atom stereocenters. The minimum absolute atomic E-state index is 0.262. The van der Waals surface area contributed by atoms with Gasteiger partial charge in [0.1, 0.15) is 11.6 Å². The van der Waals surface area contributed by atoms with Crippen molar-refractivity contribution in [2.24, 2.45) is 0 Å². The van der Waals surface area contributed by atoms with Gasteiger partial charge in [-0.15, -0.1) is 0 Å². The van der Waals surface area contributed by atoms with Gasteiger partial charge in [-0.3, -0.25) is 0 Å². The van der Waals surface area contributed by atoms with Gasteiger partial charge in [0, 0.05) is 34.4 Å². The van der Waals surface area contributed by atoms with Gasteiger partial charge in [-0.1, -0.05) is 6.07 Å². The molecule has 1 heterocycles. The van der Waals surface area contributed by atoms with E-state index in [0.717, 1.165) is 16.6 Å². The summed E-state index contributed by atoms with van der Waals surface area (Å²) in [6, 6.07) is 12.6. The molecule has 2 N–H and O–H groups in total. The number of rotatable bonds is 3. The van der Waals surface area contributed by atoms with E-state index in [4.69, 9.17) is 10.5 Å². The van der Waals surface area contributed by atoms with Crippen LogP contribution in [-0.2, 0) is 6.54 Å². The molecule has 0 aliphatic heterocycles. The third-order valence-corrected chi connectivity index (χ3v) is 3.40. The molecular formula is C16H15FN2O. The first-order valence-electron chi connectivity index (χ1n) is 6.34. The van der Waals surface area contributed by atoms with Crippen molar-refractivity contribution in [1.82, 2.24) is 4.57 Å². The number of methoxy groups -OCH3 is 1. The number of fused-ring (bicyclic) bond motifs is 1. The summed E-state index contributed by atoms with van der Waals surface area (Å²) in [6.07, 6.45) is 1.94. The highest BCUT2D eigenvalue weighted by atomic mass is 19.1. The van der Waals surface area contributed by atoms with Gasteiger partial charge < -0.3 is 15.0 Å². The highest BCUT2D eigenvalue weighted by Crippen LogP contribution is 2.22. The molecule has 0 unspecified atom stereocenters. The Kier molecular flexibility index (Phi) is 3.06. The van der Waals surface area contributed by atoms with Gasteiger partial charge in [0.15, 0.2) is 0 Å². The molecule has 0 radical (unpaired) electrons. The number of nitrogen functional groups attached to an aromatic ring is 1. The van der Waals surface area contributed by atoms with Gasteiger partial charge in [0.05, 0.1) is 13.7 Å². The van der Waals surface area contributed by atoms with E-state index in [1.807, 2.05) is 35.0 Å². The second-order valence-corrected chi connectivity index (χ2v) is 4.72. The maximum Gasteiger partial charge on any atom is 0.131 e. The monoisotopic (exact) mass is 270 g/mol. The summed E-state index contributed by atoms with van der Waals surface area (Å²) in [6.45, 7) is 0.475. The normalized spacial score (nSPS) is 10.9. The summed E-state index contributed by atoms with van der Waals surface area (Å²) >= 11 is 0. The quantitative estimate of drug-likeness (QED) is 0.741. The van der Waals surface area contributed by atoms with Gasteiger partial charge in [0.2, 0.25) is 0 Å². The third kappa shape index (κ3) is 2.20. The predicted octanol–water partition coefficient (Wildman–Crippen LogP) is 3.42. The number of ether oxygens (including phenoxy) is 1. The van der Waals surface area contributed by atoms with Crippen molar-refractivity contribution in [3.8, 4) is 5.75 Å². The summed E-state index contributed by atoms with van der Waals surface area (Å²) in [5.41, 5.74) is 8.15. The van der Waals surface area contributed by atoms with Crippen molar-refractivity contribution in [3.05, 3.63) is 60.0 Å². The van der Waals surface area contributed by atoms with Crippen LogP contribution >= 0.6 is 0 Å². The number of aromatic nitrogens is 1. The fourth-order valence-electron chi connectivity index (χ4n) is 2.32. The average Bonchev–Trinajstić information content (AvgIpc) is 2.83. The summed E-state index contributed by atoms with van der Waals surface area (Å²) < 4.78 is 21.0. The third-order valence-electron chi connectivity index (χ3n) is 3.40. The molecule has 102 valence electrons. The second-order valence-electron chi connectivity index (χ2n) is 4.72.